The Hall–Kier alpha value is -0.830. The molecule has 3 heteroatoms. The molecular weight excluding hydrogens is 116 g/mol. The number of aromatic amines is 1. The molecule has 1 aliphatic carbocycles. The summed E-state index contributed by atoms with van der Waals surface area (Å²) in [7, 11) is 0. The SMILES string of the molecule is OC1CC1c1ccn[nH]1. The van der Waals surface area contributed by atoms with Crippen molar-refractivity contribution in [3.63, 3.8) is 0 Å². The highest BCUT2D eigenvalue weighted by Gasteiger charge is 2.37. The van der Waals surface area contributed by atoms with E-state index in [9.17, 15) is 0 Å². The van der Waals surface area contributed by atoms with Crippen LogP contribution in [0.4, 0.5) is 0 Å². The molecule has 0 amide bonds. The molecule has 1 aromatic rings. The topological polar surface area (TPSA) is 48.9 Å². The molecule has 1 aliphatic rings. The Kier molecular flexibility index (Phi) is 0.873. The maximum atomic E-state index is 8.95. The first-order valence-electron chi connectivity index (χ1n) is 3.05. The van der Waals surface area contributed by atoms with Crippen LogP contribution in [0.3, 0.4) is 0 Å². The summed E-state index contributed by atoms with van der Waals surface area (Å²) in [5.74, 6) is 0.340. The van der Waals surface area contributed by atoms with Gasteiger partial charge in [-0.15, -0.1) is 0 Å². The second-order valence-corrected chi connectivity index (χ2v) is 2.42. The van der Waals surface area contributed by atoms with Crippen LogP contribution in [-0.2, 0) is 0 Å². The molecule has 0 aliphatic heterocycles. The first-order valence-corrected chi connectivity index (χ1v) is 3.05. The first kappa shape index (κ1) is 4.99. The van der Waals surface area contributed by atoms with Gasteiger partial charge < -0.3 is 5.11 Å². The van der Waals surface area contributed by atoms with Gasteiger partial charge in [-0.05, 0) is 12.5 Å². The largest absolute Gasteiger partial charge is 0.392 e. The standard InChI is InChI=1S/C6H8N2O/c9-6-3-4(6)5-1-2-7-8-5/h1-2,4,6,9H,3H2,(H,7,8). The van der Waals surface area contributed by atoms with Gasteiger partial charge in [-0.2, -0.15) is 5.10 Å². The molecule has 1 heterocycles. The van der Waals surface area contributed by atoms with E-state index in [0.29, 0.717) is 5.92 Å². The number of hydrogen-bond acceptors (Lipinski definition) is 2. The summed E-state index contributed by atoms with van der Waals surface area (Å²) in [6.45, 7) is 0. The quantitative estimate of drug-likeness (QED) is 0.564. The van der Waals surface area contributed by atoms with E-state index in [-0.39, 0.29) is 6.10 Å². The molecule has 48 valence electrons. The van der Waals surface area contributed by atoms with Gasteiger partial charge in [0.05, 0.1) is 6.10 Å². The van der Waals surface area contributed by atoms with E-state index in [2.05, 4.69) is 10.2 Å². The van der Waals surface area contributed by atoms with Gasteiger partial charge in [0, 0.05) is 17.8 Å². The number of nitrogens with one attached hydrogen (secondary N) is 1. The molecule has 0 radical (unpaired) electrons. The summed E-state index contributed by atoms with van der Waals surface area (Å²) in [5, 5.41) is 15.6. The molecule has 2 atom stereocenters. The predicted octanol–water partition coefficient (Wildman–Crippen LogP) is 0.258. The average Bonchev–Trinajstić information content (AvgIpc) is 2.44. The van der Waals surface area contributed by atoms with E-state index in [1.807, 2.05) is 6.07 Å². The average molecular weight is 124 g/mol. The highest BCUT2D eigenvalue weighted by atomic mass is 16.3. The van der Waals surface area contributed by atoms with Gasteiger partial charge in [0.15, 0.2) is 0 Å². The Bertz CT molecular complexity index is 195. The molecule has 1 saturated carbocycles. The zero-order valence-electron chi connectivity index (χ0n) is 4.91. The third kappa shape index (κ3) is 0.733. The van der Waals surface area contributed by atoms with E-state index in [1.165, 1.54) is 0 Å². The van der Waals surface area contributed by atoms with Crippen LogP contribution in [0.1, 0.15) is 18.0 Å². The Morgan fingerprint density at radius 3 is 3.00 bits per heavy atom. The van der Waals surface area contributed by atoms with E-state index in [4.69, 9.17) is 5.11 Å². The molecule has 9 heavy (non-hydrogen) atoms. The molecule has 0 saturated heterocycles. The van der Waals surface area contributed by atoms with Gasteiger partial charge in [0.1, 0.15) is 0 Å². The Balaban J connectivity index is 2.18. The van der Waals surface area contributed by atoms with Crippen LogP contribution in [0.2, 0.25) is 0 Å². The summed E-state index contributed by atoms with van der Waals surface area (Å²) in [5.41, 5.74) is 1.06. The molecule has 0 aromatic carbocycles. The predicted molar refractivity (Wildman–Crippen MR) is 32.0 cm³/mol. The zero-order chi connectivity index (χ0) is 6.27. The van der Waals surface area contributed by atoms with E-state index in [1.54, 1.807) is 6.20 Å². The summed E-state index contributed by atoms with van der Waals surface area (Å²) in [6, 6.07) is 1.90. The fraction of sp³-hybridized carbons (Fsp3) is 0.500. The summed E-state index contributed by atoms with van der Waals surface area (Å²) in [6.07, 6.45) is 2.48. The van der Waals surface area contributed by atoms with Crippen molar-refractivity contribution in [3.05, 3.63) is 18.0 Å². The maximum absolute atomic E-state index is 8.95. The van der Waals surface area contributed by atoms with Crippen molar-refractivity contribution in [2.75, 3.05) is 0 Å². The fourth-order valence-corrected chi connectivity index (χ4v) is 0.989. The highest BCUT2D eigenvalue weighted by molar-refractivity contribution is 5.16. The van der Waals surface area contributed by atoms with Gasteiger partial charge in [-0.25, -0.2) is 0 Å². The van der Waals surface area contributed by atoms with Gasteiger partial charge in [0.2, 0.25) is 0 Å². The normalized spacial score (nSPS) is 32.6. The number of nitrogens with zero attached hydrogens (tertiary/aromatic N) is 1. The second-order valence-electron chi connectivity index (χ2n) is 2.42. The Labute approximate surface area is 52.7 Å². The third-order valence-corrected chi connectivity index (χ3v) is 1.68. The lowest BCUT2D eigenvalue weighted by Crippen LogP contribution is -1.85. The summed E-state index contributed by atoms with van der Waals surface area (Å²) >= 11 is 0. The fourth-order valence-electron chi connectivity index (χ4n) is 0.989. The van der Waals surface area contributed by atoms with E-state index >= 15 is 0 Å². The lowest BCUT2D eigenvalue weighted by molar-refractivity contribution is 0.271. The van der Waals surface area contributed by atoms with Crippen LogP contribution in [0, 0.1) is 0 Å². The smallest absolute Gasteiger partial charge is 0.0631 e. The van der Waals surface area contributed by atoms with Crippen LogP contribution < -0.4 is 0 Å². The van der Waals surface area contributed by atoms with Crippen molar-refractivity contribution in [2.45, 2.75) is 18.4 Å². The van der Waals surface area contributed by atoms with Crippen LogP contribution in [0.15, 0.2) is 12.3 Å². The molecule has 0 bridgehead atoms. The first-order chi connectivity index (χ1) is 4.38. The molecule has 1 fully saturated rings. The zero-order valence-corrected chi connectivity index (χ0v) is 4.91. The second kappa shape index (κ2) is 1.57. The molecule has 2 unspecified atom stereocenters. The molecule has 2 N–H and O–H groups in total. The van der Waals surface area contributed by atoms with Gasteiger partial charge in [-0.1, -0.05) is 0 Å². The molecule has 3 nitrogen and oxygen atoms in total. The molecule has 2 rings (SSSR count). The van der Waals surface area contributed by atoms with Crippen molar-refractivity contribution >= 4 is 0 Å². The van der Waals surface area contributed by atoms with Crippen LogP contribution in [-0.4, -0.2) is 21.4 Å². The van der Waals surface area contributed by atoms with Gasteiger partial charge >= 0.3 is 0 Å². The minimum Gasteiger partial charge on any atom is -0.392 e. The highest BCUT2D eigenvalue weighted by Crippen LogP contribution is 2.38. The molecule has 1 aromatic heterocycles. The summed E-state index contributed by atoms with van der Waals surface area (Å²) < 4.78 is 0. The van der Waals surface area contributed by atoms with E-state index < -0.39 is 0 Å². The third-order valence-electron chi connectivity index (χ3n) is 1.68. The van der Waals surface area contributed by atoms with Crippen LogP contribution >= 0.6 is 0 Å². The number of rotatable bonds is 1. The minimum atomic E-state index is -0.120. The maximum Gasteiger partial charge on any atom is 0.0631 e. The monoisotopic (exact) mass is 124 g/mol. The van der Waals surface area contributed by atoms with Crippen LogP contribution in [0.5, 0.6) is 0 Å². The van der Waals surface area contributed by atoms with Crippen molar-refractivity contribution in [1.29, 1.82) is 0 Å². The lowest BCUT2D eigenvalue weighted by atomic mass is 10.3. The van der Waals surface area contributed by atoms with Crippen LogP contribution in [0.25, 0.3) is 0 Å². The number of aromatic nitrogens is 2. The number of aliphatic hydroxyl groups is 1. The van der Waals surface area contributed by atoms with Gasteiger partial charge in [0.25, 0.3) is 0 Å². The van der Waals surface area contributed by atoms with Crippen molar-refractivity contribution in [1.82, 2.24) is 10.2 Å². The molecular formula is C6H8N2O. The van der Waals surface area contributed by atoms with E-state index in [0.717, 1.165) is 12.1 Å². The number of H-pyrrole nitrogens is 1. The Morgan fingerprint density at radius 2 is 2.56 bits per heavy atom. The Morgan fingerprint density at radius 1 is 1.78 bits per heavy atom. The summed E-state index contributed by atoms with van der Waals surface area (Å²) in [4.78, 5) is 0. The van der Waals surface area contributed by atoms with Crippen molar-refractivity contribution < 1.29 is 5.11 Å². The molecule has 0 spiro atoms. The number of hydrogen-bond donors (Lipinski definition) is 2. The van der Waals surface area contributed by atoms with Crippen molar-refractivity contribution in [3.8, 4) is 0 Å². The number of aliphatic hydroxyl groups excluding tert-OH is 1. The minimum absolute atomic E-state index is 0.120. The van der Waals surface area contributed by atoms with Crippen molar-refractivity contribution in [2.24, 2.45) is 0 Å². The van der Waals surface area contributed by atoms with Gasteiger partial charge in [-0.3, -0.25) is 5.10 Å². The lowest BCUT2D eigenvalue weighted by Gasteiger charge is -1.86.